The quantitative estimate of drug-likeness (QED) is 0.835. The molecule has 2 rings (SSSR count). The van der Waals surface area contributed by atoms with Crippen LogP contribution in [0.15, 0.2) is 50.9 Å². The fourth-order valence-corrected chi connectivity index (χ4v) is 3.11. The summed E-state index contributed by atoms with van der Waals surface area (Å²) in [5.41, 5.74) is 1.27. The third-order valence-electron chi connectivity index (χ3n) is 2.51. The van der Waals surface area contributed by atoms with Crippen molar-refractivity contribution in [3.8, 4) is 0 Å². The van der Waals surface area contributed by atoms with E-state index in [1.54, 1.807) is 18.0 Å². The highest BCUT2D eigenvalue weighted by Gasteiger charge is 2.06. The Morgan fingerprint density at radius 1 is 1.32 bits per heavy atom. The molecular weight excluding hydrogens is 344 g/mol. The van der Waals surface area contributed by atoms with Gasteiger partial charge in [-0.2, -0.15) is 0 Å². The van der Waals surface area contributed by atoms with Crippen LogP contribution in [0.5, 0.6) is 0 Å². The first kappa shape index (κ1) is 14.9. The first-order valence-corrected chi connectivity index (χ1v) is 7.96. The van der Waals surface area contributed by atoms with E-state index in [1.807, 2.05) is 12.1 Å². The minimum Gasteiger partial charge on any atom is -0.313 e. The molecule has 2 aromatic rings. The topological polar surface area (TPSA) is 24.9 Å². The summed E-state index contributed by atoms with van der Waals surface area (Å²) in [5.74, 6) is 0. The summed E-state index contributed by atoms with van der Waals surface area (Å²) in [6.45, 7) is 3.92. The molecule has 0 aliphatic rings. The normalized spacial score (nSPS) is 10.7. The highest BCUT2D eigenvalue weighted by molar-refractivity contribution is 9.10. The molecular formula is C14H14BrClN2S. The van der Waals surface area contributed by atoms with Gasteiger partial charge in [-0.1, -0.05) is 52.3 Å². The van der Waals surface area contributed by atoms with E-state index in [1.165, 1.54) is 10.5 Å². The third-order valence-corrected chi connectivity index (χ3v) is 4.28. The van der Waals surface area contributed by atoms with Crippen molar-refractivity contribution < 1.29 is 0 Å². The zero-order chi connectivity index (χ0) is 13.7. The van der Waals surface area contributed by atoms with Gasteiger partial charge < -0.3 is 5.32 Å². The van der Waals surface area contributed by atoms with Crippen molar-refractivity contribution in [2.75, 3.05) is 6.54 Å². The van der Waals surface area contributed by atoms with Crippen molar-refractivity contribution in [1.82, 2.24) is 10.3 Å². The summed E-state index contributed by atoms with van der Waals surface area (Å²) in [6.07, 6.45) is 1.67. The molecule has 1 aromatic heterocycles. The molecule has 0 unspecified atom stereocenters. The Balaban J connectivity index is 2.22. The lowest BCUT2D eigenvalue weighted by Crippen LogP contribution is -2.12. The monoisotopic (exact) mass is 356 g/mol. The second-order valence-corrected chi connectivity index (χ2v) is 6.36. The molecule has 5 heteroatoms. The number of pyridine rings is 1. The van der Waals surface area contributed by atoms with E-state index >= 15 is 0 Å². The summed E-state index contributed by atoms with van der Waals surface area (Å²) in [6, 6.07) is 10.1. The van der Waals surface area contributed by atoms with Crippen LogP contribution in [-0.4, -0.2) is 11.5 Å². The molecule has 0 spiro atoms. The average Bonchev–Trinajstić information content (AvgIpc) is 2.40. The van der Waals surface area contributed by atoms with Gasteiger partial charge in [-0.05, 0) is 36.4 Å². The minimum absolute atomic E-state index is 0.659. The van der Waals surface area contributed by atoms with Gasteiger partial charge in [0, 0.05) is 22.1 Å². The zero-order valence-corrected chi connectivity index (χ0v) is 13.6. The van der Waals surface area contributed by atoms with Crippen LogP contribution in [0, 0.1) is 0 Å². The van der Waals surface area contributed by atoms with Crippen LogP contribution < -0.4 is 5.32 Å². The summed E-state index contributed by atoms with van der Waals surface area (Å²) in [4.78, 5) is 5.52. The van der Waals surface area contributed by atoms with Crippen molar-refractivity contribution in [3.05, 3.63) is 51.6 Å². The smallest absolute Gasteiger partial charge is 0.101 e. The molecule has 2 nitrogen and oxygen atoms in total. The lowest BCUT2D eigenvalue weighted by atomic mass is 10.2. The molecule has 1 aromatic carbocycles. The Hall–Kier alpha value is -0.550. The maximum atomic E-state index is 5.85. The Morgan fingerprint density at radius 3 is 2.84 bits per heavy atom. The predicted molar refractivity (Wildman–Crippen MR) is 84.9 cm³/mol. The predicted octanol–water partition coefficient (Wildman–Crippen LogP) is 4.76. The zero-order valence-electron chi connectivity index (χ0n) is 10.5. The van der Waals surface area contributed by atoms with Crippen molar-refractivity contribution in [2.45, 2.75) is 23.4 Å². The first-order valence-electron chi connectivity index (χ1n) is 5.97. The van der Waals surface area contributed by atoms with Crippen molar-refractivity contribution in [2.24, 2.45) is 0 Å². The number of nitrogens with one attached hydrogen (secondary N) is 1. The fourth-order valence-electron chi connectivity index (χ4n) is 1.56. The fraction of sp³-hybridized carbons (Fsp3) is 0.214. The van der Waals surface area contributed by atoms with Gasteiger partial charge in [-0.25, -0.2) is 4.98 Å². The van der Waals surface area contributed by atoms with Crippen LogP contribution in [-0.2, 0) is 6.54 Å². The Bertz CT molecular complexity index is 546. The van der Waals surface area contributed by atoms with E-state index in [9.17, 15) is 0 Å². The molecule has 0 aliphatic carbocycles. The molecule has 0 radical (unpaired) electrons. The van der Waals surface area contributed by atoms with Gasteiger partial charge >= 0.3 is 0 Å². The molecule has 0 saturated heterocycles. The maximum Gasteiger partial charge on any atom is 0.101 e. The van der Waals surface area contributed by atoms with Gasteiger partial charge in [0.2, 0.25) is 0 Å². The van der Waals surface area contributed by atoms with Crippen molar-refractivity contribution in [3.63, 3.8) is 0 Å². The number of nitrogens with zero attached hydrogens (tertiary/aromatic N) is 1. The average molecular weight is 358 g/mol. The second kappa shape index (κ2) is 7.29. The number of benzene rings is 1. The van der Waals surface area contributed by atoms with Crippen LogP contribution in [0.25, 0.3) is 0 Å². The first-order chi connectivity index (χ1) is 9.19. The third kappa shape index (κ3) is 4.49. The number of aromatic nitrogens is 1. The standard InChI is InChI=1S/C14H14BrClN2S/c1-2-17-8-10-3-4-11(15)7-13(10)19-14-6-5-12(16)9-18-14/h3-7,9,17H,2,8H2,1H3. The summed E-state index contributed by atoms with van der Waals surface area (Å²) in [7, 11) is 0. The molecule has 0 fully saturated rings. The van der Waals surface area contributed by atoms with Gasteiger partial charge in [0.15, 0.2) is 0 Å². The highest BCUT2D eigenvalue weighted by atomic mass is 79.9. The maximum absolute atomic E-state index is 5.85. The van der Waals surface area contributed by atoms with Gasteiger partial charge in [-0.3, -0.25) is 0 Å². The van der Waals surface area contributed by atoms with Crippen molar-refractivity contribution >= 4 is 39.3 Å². The molecule has 0 amide bonds. The Labute approximate surface area is 131 Å². The lowest BCUT2D eigenvalue weighted by Gasteiger charge is -2.10. The van der Waals surface area contributed by atoms with Crippen molar-refractivity contribution in [1.29, 1.82) is 0 Å². The molecule has 0 aliphatic heterocycles. The molecule has 1 heterocycles. The number of halogens is 2. The van der Waals surface area contributed by atoms with Crippen LogP contribution >= 0.6 is 39.3 Å². The summed E-state index contributed by atoms with van der Waals surface area (Å²) < 4.78 is 1.07. The van der Waals surface area contributed by atoms with Crippen LogP contribution in [0.4, 0.5) is 0 Å². The van der Waals surface area contributed by atoms with E-state index in [0.29, 0.717) is 5.02 Å². The molecule has 0 bridgehead atoms. The molecule has 0 saturated carbocycles. The van der Waals surface area contributed by atoms with E-state index in [4.69, 9.17) is 11.6 Å². The lowest BCUT2D eigenvalue weighted by molar-refractivity contribution is 0.717. The molecule has 100 valence electrons. The van der Waals surface area contributed by atoms with Gasteiger partial charge in [0.05, 0.1) is 5.02 Å². The second-order valence-electron chi connectivity index (χ2n) is 3.95. The molecule has 0 atom stereocenters. The number of hydrogen-bond donors (Lipinski definition) is 1. The summed E-state index contributed by atoms with van der Waals surface area (Å²) >= 11 is 11.0. The minimum atomic E-state index is 0.659. The summed E-state index contributed by atoms with van der Waals surface area (Å²) in [5, 5.41) is 4.95. The van der Waals surface area contributed by atoms with Crippen LogP contribution in [0.3, 0.4) is 0 Å². The van der Waals surface area contributed by atoms with E-state index in [-0.39, 0.29) is 0 Å². The Morgan fingerprint density at radius 2 is 2.16 bits per heavy atom. The van der Waals surface area contributed by atoms with Gasteiger partial charge in [-0.15, -0.1) is 0 Å². The Kier molecular flexibility index (Phi) is 5.70. The number of rotatable bonds is 5. The van der Waals surface area contributed by atoms with Gasteiger partial charge in [0.1, 0.15) is 5.03 Å². The largest absolute Gasteiger partial charge is 0.313 e. The highest BCUT2D eigenvalue weighted by Crippen LogP contribution is 2.31. The number of hydrogen-bond acceptors (Lipinski definition) is 3. The SMILES string of the molecule is CCNCc1ccc(Br)cc1Sc1ccc(Cl)cn1. The van der Waals surface area contributed by atoms with Crippen LogP contribution in [0.1, 0.15) is 12.5 Å². The van der Waals surface area contributed by atoms with E-state index in [0.717, 1.165) is 22.6 Å². The van der Waals surface area contributed by atoms with E-state index in [2.05, 4.69) is 51.4 Å². The van der Waals surface area contributed by atoms with Gasteiger partial charge in [0.25, 0.3) is 0 Å². The molecule has 1 N–H and O–H groups in total. The molecule has 19 heavy (non-hydrogen) atoms. The van der Waals surface area contributed by atoms with Crippen LogP contribution in [0.2, 0.25) is 5.02 Å². The van der Waals surface area contributed by atoms with E-state index < -0.39 is 0 Å².